The molecule has 3 N–H and O–H groups in total. The zero-order valence-corrected chi connectivity index (χ0v) is 23.5. The molecule has 0 atom stereocenters. The molecule has 2 aromatic carbocycles. The first kappa shape index (κ1) is 28.6. The predicted molar refractivity (Wildman–Crippen MR) is 161 cm³/mol. The van der Waals surface area contributed by atoms with Gasteiger partial charge in [0.05, 0.1) is 13.7 Å². The quantitative estimate of drug-likeness (QED) is 0.167. The van der Waals surface area contributed by atoms with E-state index in [1.807, 2.05) is 75.4 Å². The van der Waals surface area contributed by atoms with Gasteiger partial charge in [-0.1, -0.05) is 51.1 Å². The van der Waals surface area contributed by atoms with E-state index in [0.29, 0.717) is 46.7 Å². The number of unbranched alkanes of at least 4 members (excludes halogenated alkanes) is 1. The maximum atomic E-state index is 14.0. The highest BCUT2D eigenvalue weighted by Gasteiger charge is 2.23. The highest BCUT2D eigenvalue weighted by Crippen LogP contribution is 2.35. The Labute approximate surface area is 234 Å². The third-order valence-electron chi connectivity index (χ3n) is 6.73. The first-order valence-electron chi connectivity index (χ1n) is 13.3. The Morgan fingerprint density at radius 1 is 1.12 bits per heavy atom. The van der Waals surface area contributed by atoms with Crippen molar-refractivity contribution in [2.75, 3.05) is 17.7 Å². The van der Waals surface area contributed by atoms with Crippen LogP contribution in [0.4, 0.5) is 16.2 Å². The van der Waals surface area contributed by atoms with Gasteiger partial charge in [-0.25, -0.2) is 9.78 Å². The molecular weight excluding hydrogens is 504 g/mol. The van der Waals surface area contributed by atoms with E-state index in [9.17, 15) is 14.7 Å². The number of amides is 2. The van der Waals surface area contributed by atoms with E-state index < -0.39 is 6.03 Å². The predicted octanol–water partition coefficient (Wildman–Crippen LogP) is 6.47. The van der Waals surface area contributed by atoms with Crippen LogP contribution in [0.25, 0.3) is 22.2 Å². The lowest BCUT2D eigenvalue weighted by Gasteiger charge is -2.24. The fourth-order valence-electron chi connectivity index (χ4n) is 4.79. The molecule has 208 valence electrons. The minimum atomic E-state index is -0.567. The Hall–Kier alpha value is -4.43. The monoisotopic (exact) mass is 540 g/mol. The van der Waals surface area contributed by atoms with Crippen molar-refractivity contribution >= 4 is 28.4 Å². The van der Waals surface area contributed by atoms with E-state index >= 15 is 0 Å². The number of aliphatic hydroxyl groups excluding tert-OH is 1. The summed E-state index contributed by atoms with van der Waals surface area (Å²) in [5.74, 6) is 0.621. The first-order valence-corrected chi connectivity index (χ1v) is 13.3. The zero-order chi connectivity index (χ0) is 28.9. The zero-order valence-electron chi connectivity index (χ0n) is 23.5. The van der Waals surface area contributed by atoms with Crippen LogP contribution in [0.1, 0.15) is 44.7 Å². The Morgan fingerprint density at radius 3 is 2.62 bits per heavy atom. The Balaban J connectivity index is 1.88. The molecule has 4 aromatic rings. The molecule has 8 heteroatoms. The Bertz CT molecular complexity index is 1600. The van der Waals surface area contributed by atoms with E-state index in [0.717, 1.165) is 17.4 Å². The van der Waals surface area contributed by atoms with E-state index in [1.165, 1.54) is 0 Å². The van der Waals surface area contributed by atoms with Crippen LogP contribution in [-0.4, -0.2) is 27.8 Å². The van der Waals surface area contributed by atoms with E-state index in [-0.39, 0.29) is 23.3 Å². The number of rotatable bonds is 9. The molecule has 0 saturated heterocycles. The number of benzene rings is 2. The van der Waals surface area contributed by atoms with Crippen molar-refractivity contribution in [3.05, 3.63) is 94.9 Å². The molecule has 0 aliphatic carbocycles. The van der Waals surface area contributed by atoms with E-state index in [1.54, 1.807) is 23.9 Å². The molecule has 0 aliphatic heterocycles. The third kappa shape index (κ3) is 6.07. The van der Waals surface area contributed by atoms with E-state index in [4.69, 9.17) is 4.74 Å². The summed E-state index contributed by atoms with van der Waals surface area (Å²) in [6, 6.07) is 16.0. The molecule has 0 unspecified atom stereocenters. The number of carbonyl (C=O) groups excluding carboxylic acids is 1. The molecule has 40 heavy (non-hydrogen) atoms. The van der Waals surface area contributed by atoms with Crippen LogP contribution in [0.3, 0.4) is 0 Å². The van der Waals surface area contributed by atoms with Gasteiger partial charge in [-0.2, -0.15) is 0 Å². The summed E-state index contributed by atoms with van der Waals surface area (Å²) in [5, 5.41) is 16.2. The van der Waals surface area contributed by atoms with Gasteiger partial charge in [-0.3, -0.25) is 9.36 Å². The number of methoxy groups -OCH3 is 1. The highest BCUT2D eigenvalue weighted by atomic mass is 16.5. The summed E-state index contributed by atoms with van der Waals surface area (Å²) in [6.45, 7) is 10.2. The van der Waals surface area contributed by atoms with Crippen LogP contribution in [-0.2, 0) is 18.6 Å². The minimum Gasteiger partial charge on any atom is -0.497 e. The average Bonchev–Trinajstić information content (AvgIpc) is 2.94. The van der Waals surface area contributed by atoms with Gasteiger partial charge in [0.2, 0.25) is 0 Å². The molecule has 4 rings (SSSR count). The maximum Gasteiger partial charge on any atom is 0.323 e. The van der Waals surface area contributed by atoms with E-state index in [2.05, 4.69) is 22.2 Å². The molecule has 0 aliphatic rings. The molecule has 2 amide bonds. The number of nitrogens with one attached hydrogen (secondary N) is 2. The van der Waals surface area contributed by atoms with Gasteiger partial charge in [0.25, 0.3) is 5.56 Å². The minimum absolute atomic E-state index is 0.139. The third-order valence-corrected chi connectivity index (χ3v) is 6.73. The first-order chi connectivity index (χ1) is 19.2. The van der Waals surface area contributed by atoms with Gasteiger partial charge in [-0.15, -0.1) is 6.58 Å². The molecule has 2 aromatic heterocycles. The summed E-state index contributed by atoms with van der Waals surface area (Å²) in [4.78, 5) is 32.1. The standard InChI is InChI=1S/C32H36N4O4/c1-6-7-8-17-36-29-24(13-10-16-33-29)27(22-11-9-12-23(19-22)40-5)28(30(36)38)35-31(39)34-26-18-21(20-37)14-15-25(26)32(2,3)4/h6,9-16,18-19,37H,1,7-8,17,20H2,2-5H3,(H2,34,35,39). The van der Waals surface area contributed by atoms with Crippen LogP contribution >= 0.6 is 0 Å². The second kappa shape index (κ2) is 12.2. The summed E-state index contributed by atoms with van der Waals surface area (Å²) in [5.41, 5.74) is 3.44. The van der Waals surface area contributed by atoms with Crippen molar-refractivity contribution in [2.45, 2.75) is 52.2 Å². The molecular formula is C32H36N4O4. The molecule has 0 bridgehead atoms. The van der Waals surface area contributed by atoms with Gasteiger partial charge in [0, 0.05) is 29.4 Å². The van der Waals surface area contributed by atoms with Crippen LogP contribution < -0.4 is 20.9 Å². The molecule has 0 spiro atoms. The molecule has 0 fully saturated rings. The van der Waals surface area contributed by atoms with Crippen molar-refractivity contribution in [1.82, 2.24) is 9.55 Å². The number of fused-ring (bicyclic) bond motifs is 1. The lowest BCUT2D eigenvalue weighted by atomic mass is 9.85. The molecule has 0 radical (unpaired) electrons. The van der Waals surface area contributed by atoms with Gasteiger partial charge < -0.3 is 20.5 Å². The van der Waals surface area contributed by atoms with Crippen LogP contribution in [0.2, 0.25) is 0 Å². The van der Waals surface area contributed by atoms with Crippen LogP contribution in [0.5, 0.6) is 5.75 Å². The number of carbonyl (C=O) groups is 1. The van der Waals surface area contributed by atoms with Crippen molar-refractivity contribution < 1.29 is 14.6 Å². The van der Waals surface area contributed by atoms with Crippen molar-refractivity contribution in [2.24, 2.45) is 0 Å². The number of hydrogen-bond donors (Lipinski definition) is 3. The lowest BCUT2D eigenvalue weighted by molar-refractivity contribution is 0.262. The summed E-state index contributed by atoms with van der Waals surface area (Å²) < 4.78 is 7.05. The number of urea groups is 1. The fraction of sp³-hybridized carbons (Fsp3) is 0.281. The summed E-state index contributed by atoms with van der Waals surface area (Å²) in [7, 11) is 1.58. The summed E-state index contributed by atoms with van der Waals surface area (Å²) >= 11 is 0. The fourth-order valence-corrected chi connectivity index (χ4v) is 4.79. The van der Waals surface area contributed by atoms with Crippen molar-refractivity contribution in [3.63, 3.8) is 0 Å². The number of anilines is 2. The Morgan fingerprint density at radius 2 is 1.93 bits per heavy atom. The lowest BCUT2D eigenvalue weighted by Crippen LogP contribution is -2.30. The summed E-state index contributed by atoms with van der Waals surface area (Å²) in [6.07, 6.45) is 4.90. The van der Waals surface area contributed by atoms with Gasteiger partial charge in [-0.05, 0) is 65.3 Å². The number of pyridine rings is 2. The topological polar surface area (TPSA) is 105 Å². The smallest absolute Gasteiger partial charge is 0.323 e. The van der Waals surface area contributed by atoms with Crippen LogP contribution in [0, 0.1) is 0 Å². The number of aromatic nitrogens is 2. The number of hydrogen-bond acceptors (Lipinski definition) is 5. The van der Waals surface area contributed by atoms with Crippen LogP contribution in [0.15, 0.2) is 78.2 Å². The van der Waals surface area contributed by atoms with Crippen molar-refractivity contribution in [3.8, 4) is 16.9 Å². The normalized spacial score (nSPS) is 11.3. The number of nitrogens with zero attached hydrogens (tertiary/aromatic N) is 2. The molecule has 0 saturated carbocycles. The van der Waals surface area contributed by atoms with Crippen molar-refractivity contribution in [1.29, 1.82) is 0 Å². The number of allylic oxidation sites excluding steroid dienone is 1. The number of ether oxygens (including phenoxy) is 1. The second-order valence-corrected chi connectivity index (χ2v) is 10.6. The van der Waals surface area contributed by atoms with Gasteiger partial charge in [0.1, 0.15) is 17.1 Å². The SMILES string of the molecule is C=CCCCn1c(=O)c(NC(=O)Nc2cc(CO)ccc2C(C)(C)C)c(-c2cccc(OC)c2)c2cccnc21. The maximum absolute atomic E-state index is 14.0. The molecule has 8 nitrogen and oxygen atoms in total. The Kier molecular flexibility index (Phi) is 8.70. The van der Waals surface area contributed by atoms with Gasteiger partial charge in [0.15, 0.2) is 0 Å². The number of aliphatic hydroxyl groups is 1. The molecule has 2 heterocycles. The average molecular weight is 541 g/mol. The largest absolute Gasteiger partial charge is 0.497 e. The van der Waals surface area contributed by atoms with Gasteiger partial charge >= 0.3 is 6.03 Å². The second-order valence-electron chi connectivity index (χ2n) is 10.6. The highest BCUT2D eigenvalue weighted by molar-refractivity contribution is 6.07. The number of aryl methyl sites for hydroxylation is 1.